The number of aromatic nitrogens is 4. The molecule has 2 N–H and O–H groups in total. The van der Waals surface area contributed by atoms with Gasteiger partial charge in [-0.3, -0.25) is 0 Å². The zero-order valence-electron chi connectivity index (χ0n) is 10.9. The number of halogens is 2. The Bertz CT molecular complexity index is 787. The molecule has 0 aliphatic carbocycles. The molecule has 0 aliphatic heterocycles. The quantitative estimate of drug-likeness (QED) is 0.755. The Labute approximate surface area is 125 Å². The first kappa shape index (κ1) is 13.5. The Morgan fingerprint density at radius 2 is 2.05 bits per heavy atom. The van der Waals surface area contributed by atoms with E-state index in [9.17, 15) is 4.39 Å². The third-order valence-corrected chi connectivity index (χ3v) is 3.35. The van der Waals surface area contributed by atoms with Crippen molar-refractivity contribution < 1.29 is 4.39 Å². The molecule has 0 radical (unpaired) electrons. The van der Waals surface area contributed by atoms with Gasteiger partial charge in [0.15, 0.2) is 5.82 Å². The lowest BCUT2D eigenvalue weighted by molar-refractivity contribution is 0.615. The Kier molecular flexibility index (Phi) is 3.53. The summed E-state index contributed by atoms with van der Waals surface area (Å²) < 4.78 is 14.8. The van der Waals surface area contributed by atoms with Crippen LogP contribution in [0.2, 0.25) is 5.02 Å². The van der Waals surface area contributed by atoms with Crippen molar-refractivity contribution in [3.8, 4) is 11.4 Å². The van der Waals surface area contributed by atoms with E-state index in [0.717, 1.165) is 11.1 Å². The third-order valence-electron chi connectivity index (χ3n) is 3.01. The molecule has 21 heavy (non-hydrogen) atoms. The van der Waals surface area contributed by atoms with E-state index >= 15 is 0 Å². The summed E-state index contributed by atoms with van der Waals surface area (Å²) in [5.74, 6) is 0.250. The number of nitrogen functional groups attached to an aromatic ring is 1. The van der Waals surface area contributed by atoms with E-state index in [4.69, 9.17) is 17.3 Å². The number of nitrogens with two attached hydrogens (primary N) is 1. The molecular formula is C14H11ClFN5. The summed E-state index contributed by atoms with van der Waals surface area (Å²) in [6.07, 6.45) is 0. The van der Waals surface area contributed by atoms with Crippen LogP contribution in [0.25, 0.3) is 11.4 Å². The van der Waals surface area contributed by atoms with Crippen molar-refractivity contribution in [1.29, 1.82) is 0 Å². The van der Waals surface area contributed by atoms with Gasteiger partial charge in [0.2, 0.25) is 0 Å². The molecule has 1 aromatic heterocycles. The molecule has 3 rings (SSSR count). The van der Waals surface area contributed by atoms with E-state index < -0.39 is 0 Å². The van der Waals surface area contributed by atoms with Crippen molar-refractivity contribution in [1.82, 2.24) is 20.2 Å². The van der Waals surface area contributed by atoms with Gasteiger partial charge in [0.25, 0.3) is 0 Å². The van der Waals surface area contributed by atoms with E-state index in [1.54, 1.807) is 28.9 Å². The van der Waals surface area contributed by atoms with E-state index in [1.807, 2.05) is 6.07 Å². The second-order valence-corrected chi connectivity index (χ2v) is 4.93. The normalized spacial score (nSPS) is 10.8. The van der Waals surface area contributed by atoms with Crippen molar-refractivity contribution in [2.24, 2.45) is 0 Å². The summed E-state index contributed by atoms with van der Waals surface area (Å²) in [5, 5.41) is 12.1. The van der Waals surface area contributed by atoms with Gasteiger partial charge in [0.05, 0.1) is 17.3 Å². The van der Waals surface area contributed by atoms with Gasteiger partial charge in [0.1, 0.15) is 5.82 Å². The third kappa shape index (κ3) is 2.85. The van der Waals surface area contributed by atoms with Gasteiger partial charge in [-0.2, -0.15) is 0 Å². The Hall–Kier alpha value is -2.47. The highest BCUT2D eigenvalue weighted by atomic mass is 35.5. The smallest absolute Gasteiger partial charge is 0.182 e. The second-order valence-electron chi connectivity index (χ2n) is 4.53. The standard InChI is InChI=1S/C14H11ClFN5/c15-12-5-4-10(7-13(12)17)14-18-19-20-21(14)8-9-2-1-3-11(16)6-9/h1-7H,8,17H2. The molecule has 0 atom stereocenters. The van der Waals surface area contributed by atoms with Crippen LogP contribution in [-0.2, 0) is 6.54 Å². The molecule has 0 bridgehead atoms. The molecule has 3 aromatic rings. The van der Waals surface area contributed by atoms with Crippen molar-refractivity contribution >= 4 is 17.3 Å². The molecule has 0 saturated heterocycles. The molecule has 0 fully saturated rings. The van der Waals surface area contributed by atoms with E-state index in [1.165, 1.54) is 12.1 Å². The lowest BCUT2D eigenvalue weighted by atomic mass is 10.2. The Balaban J connectivity index is 1.95. The highest BCUT2D eigenvalue weighted by Gasteiger charge is 2.11. The summed E-state index contributed by atoms with van der Waals surface area (Å²) in [5.41, 5.74) is 7.76. The number of rotatable bonds is 3. The molecule has 1 heterocycles. The topological polar surface area (TPSA) is 69.6 Å². The predicted octanol–water partition coefficient (Wildman–Crippen LogP) is 2.76. The lowest BCUT2D eigenvalue weighted by Gasteiger charge is -2.06. The molecule has 7 heteroatoms. The molecule has 0 spiro atoms. The molecule has 2 aromatic carbocycles. The molecule has 0 aliphatic rings. The van der Waals surface area contributed by atoms with Crippen LogP contribution < -0.4 is 5.73 Å². The first-order chi connectivity index (χ1) is 10.1. The molecule has 0 unspecified atom stereocenters. The van der Waals surface area contributed by atoms with Crippen molar-refractivity contribution in [2.45, 2.75) is 6.54 Å². The van der Waals surface area contributed by atoms with Crippen LogP contribution in [0, 0.1) is 5.82 Å². The van der Waals surface area contributed by atoms with Crippen LogP contribution >= 0.6 is 11.6 Å². The van der Waals surface area contributed by atoms with Gasteiger partial charge in [-0.25, -0.2) is 9.07 Å². The fraction of sp³-hybridized carbons (Fsp3) is 0.0714. The summed E-state index contributed by atoms with van der Waals surface area (Å²) in [6, 6.07) is 11.5. The fourth-order valence-electron chi connectivity index (χ4n) is 2.01. The molecule has 0 saturated carbocycles. The number of tetrazole rings is 1. The SMILES string of the molecule is Nc1cc(-c2nnnn2Cc2cccc(F)c2)ccc1Cl. The average molecular weight is 304 g/mol. The van der Waals surface area contributed by atoms with Crippen LogP contribution in [0.15, 0.2) is 42.5 Å². The predicted molar refractivity (Wildman–Crippen MR) is 78.2 cm³/mol. The second kappa shape index (κ2) is 5.49. The number of benzene rings is 2. The summed E-state index contributed by atoms with van der Waals surface area (Å²) in [4.78, 5) is 0. The van der Waals surface area contributed by atoms with Crippen molar-refractivity contribution in [3.63, 3.8) is 0 Å². The van der Waals surface area contributed by atoms with Crippen LogP contribution in [-0.4, -0.2) is 20.2 Å². The lowest BCUT2D eigenvalue weighted by Crippen LogP contribution is -2.05. The molecular weight excluding hydrogens is 293 g/mol. The van der Waals surface area contributed by atoms with Crippen LogP contribution in [0.1, 0.15) is 5.56 Å². The van der Waals surface area contributed by atoms with Crippen molar-refractivity contribution in [3.05, 3.63) is 58.9 Å². The highest BCUT2D eigenvalue weighted by molar-refractivity contribution is 6.33. The minimum Gasteiger partial charge on any atom is -0.398 e. The fourth-order valence-corrected chi connectivity index (χ4v) is 2.13. The number of anilines is 1. The van der Waals surface area contributed by atoms with E-state index in [-0.39, 0.29) is 5.82 Å². The maximum atomic E-state index is 13.2. The van der Waals surface area contributed by atoms with Crippen molar-refractivity contribution in [2.75, 3.05) is 5.73 Å². The van der Waals surface area contributed by atoms with Crippen LogP contribution in [0.5, 0.6) is 0 Å². The largest absolute Gasteiger partial charge is 0.398 e. The monoisotopic (exact) mass is 303 g/mol. The summed E-state index contributed by atoms with van der Waals surface area (Å²) >= 11 is 5.90. The van der Waals surface area contributed by atoms with Gasteiger partial charge in [-0.1, -0.05) is 23.7 Å². The van der Waals surface area contributed by atoms with Gasteiger partial charge in [0, 0.05) is 5.56 Å². The minimum absolute atomic E-state index is 0.294. The van der Waals surface area contributed by atoms with Crippen LogP contribution in [0.4, 0.5) is 10.1 Å². The molecule has 106 valence electrons. The van der Waals surface area contributed by atoms with Gasteiger partial charge < -0.3 is 5.73 Å². The zero-order chi connectivity index (χ0) is 14.8. The molecule has 5 nitrogen and oxygen atoms in total. The number of hydrogen-bond donors (Lipinski definition) is 1. The summed E-state index contributed by atoms with van der Waals surface area (Å²) in [6.45, 7) is 0.364. The maximum Gasteiger partial charge on any atom is 0.182 e. The maximum absolute atomic E-state index is 13.2. The van der Waals surface area contributed by atoms with E-state index in [2.05, 4.69) is 15.5 Å². The zero-order valence-corrected chi connectivity index (χ0v) is 11.6. The first-order valence-electron chi connectivity index (χ1n) is 6.19. The Morgan fingerprint density at radius 1 is 1.19 bits per heavy atom. The van der Waals surface area contributed by atoms with Gasteiger partial charge >= 0.3 is 0 Å². The van der Waals surface area contributed by atoms with Crippen LogP contribution in [0.3, 0.4) is 0 Å². The molecule has 0 amide bonds. The first-order valence-corrected chi connectivity index (χ1v) is 6.57. The van der Waals surface area contributed by atoms with Gasteiger partial charge in [-0.15, -0.1) is 5.10 Å². The number of hydrogen-bond acceptors (Lipinski definition) is 4. The minimum atomic E-state index is -0.294. The Morgan fingerprint density at radius 3 is 2.81 bits per heavy atom. The van der Waals surface area contributed by atoms with Gasteiger partial charge in [-0.05, 0) is 46.3 Å². The summed E-state index contributed by atoms with van der Waals surface area (Å²) in [7, 11) is 0. The van der Waals surface area contributed by atoms with E-state index in [0.29, 0.717) is 23.1 Å². The number of nitrogens with zero attached hydrogens (tertiary/aromatic N) is 4. The highest BCUT2D eigenvalue weighted by Crippen LogP contribution is 2.25. The average Bonchev–Trinajstić information content (AvgIpc) is 2.90.